The summed E-state index contributed by atoms with van der Waals surface area (Å²) in [5.41, 5.74) is 5.56. The molecule has 0 aliphatic carbocycles. The number of hydrogen-bond acceptors (Lipinski definition) is 4. The number of likely N-dealkylation sites (tertiary alicyclic amines) is 2. The van der Waals surface area contributed by atoms with Crippen molar-refractivity contribution in [2.24, 2.45) is 11.7 Å². The molecule has 3 atom stereocenters. The number of nitrogens with zero attached hydrogens (tertiary/aromatic N) is 2. The van der Waals surface area contributed by atoms with Crippen LogP contribution in [0, 0.1) is 5.92 Å². The molecule has 2 amide bonds. The lowest BCUT2D eigenvalue weighted by atomic mass is 10.1. The molecule has 0 saturated carbocycles. The van der Waals surface area contributed by atoms with Crippen LogP contribution >= 0.6 is 0 Å². The molecule has 0 aromatic carbocycles. The van der Waals surface area contributed by atoms with E-state index in [1.807, 2.05) is 0 Å². The predicted octanol–water partition coefficient (Wildman–Crippen LogP) is -1.09. The number of carboxylic acid groups (broad SMARTS) is 1. The van der Waals surface area contributed by atoms with E-state index in [0.717, 1.165) is 6.42 Å². The van der Waals surface area contributed by atoms with Gasteiger partial charge in [0, 0.05) is 26.1 Å². The topological polar surface area (TPSA) is 107 Å². The third-order valence-corrected chi connectivity index (χ3v) is 3.70. The van der Waals surface area contributed by atoms with Gasteiger partial charge in [-0.05, 0) is 18.9 Å². The lowest BCUT2D eigenvalue weighted by molar-refractivity contribution is -0.141. The van der Waals surface area contributed by atoms with Gasteiger partial charge in [0.2, 0.25) is 0 Å². The van der Waals surface area contributed by atoms with Crippen LogP contribution in [-0.2, 0) is 4.79 Å². The highest BCUT2D eigenvalue weighted by atomic mass is 16.4. The minimum Gasteiger partial charge on any atom is -0.480 e. The summed E-state index contributed by atoms with van der Waals surface area (Å²) in [7, 11) is 0. The van der Waals surface area contributed by atoms with Crippen molar-refractivity contribution in [1.29, 1.82) is 0 Å². The highest BCUT2D eigenvalue weighted by molar-refractivity contribution is 5.83. The average Bonchev–Trinajstić information content (AvgIpc) is 2.94. The third-order valence-electron chi connectivity index (χ3n) is 3.70. The molecule has 2 aliphatic rings. The van der Waals surface area contributed by atoms with E-state index >= 15 is 0 Å². The van der Waals surface area contributed by atoms with Gasteiger partial charge in [0.15, 0.2) is 0 Å². The predicted molar refractivity (Wildman–Crippen MR) is 62.9 cm³/mol. The fourth-order valence-electron chi connectivity index (χ4n) is 2.64. The van der Waals surface area contributed by atoms with E-state index in [1.54, 1.807) is 4.90 Å². The van der Waals surface area contributed by atoms with Crippen LogP contribution in [0.1, 0.15) is 12.8 Å². The van der Waals surface area contributed by atoms with E-state index in [9.17, 15) is 14.7 Å². The first-order valence-electron chi connectivity index (χ1n) is 6.19. The van der Waals surface area contributed by atoms with Gasteiger partial charge < -0.3 is 25.7 Å². The highest BCUT2D eigenvalue weighted by Crippen LogP contribution is 2.23. The molecular weight excluding hydrogens is 238 g/mol. The van der Waals surface area contributed by atoms with Gasteiger partial charge in [-0.15, -0.1) is 0 Å². The SMILES string of the molecule is NCC1CCN(C(=O)N2C[C@@H](O)C[C@H]2C(=O)O)C1. The molecule has 2 heterocycles. The van der Waals surface area contributed by atoms with Crippen LogP contribution in [0.25, 0.3) is 0 Å². The Labute approximate surface area is 105 Å². The molecule has 2 fully saturated rings. The van der Waals surface area contributed by atoms with E-state index in [0.29, 0.717) is 25.6 Å². The maximum Gasteiger partial charge on any atom is 0.326 e. The number of aliphatic hydroxyl groups excluding tert-OH is 1. The standard InChI is InChI=1S/C11H19N3O4/c12-4-7-1-2-13(5-7)11(18)14-6-8(15)3-9(14)10(16)17/h7-9,15H,1-6,12H2,(H,16,17)/t7?,8-,9-/m0/s1. The number of carbonyl (C=O) groups is 2. The molecule has 0 bridgehead atoms. The van der Waals surface area contributed by atoms with Crippen molar-refractivity contribution in [2.75, 3.05) is 26.2 Å². The number of carbonyl (C=O) groups excluding carboxylic acids is 1. The molecule has 7 nitrogen and oxygen atoms in total. The van der Waals surface area contributed by atoms with Crippen molar-refractivity contribution in [2.45, 2.75) is 25.0 Å². The van der Waals surface area contributed by atoms with Crippen molar-refractivity contribution in [3.8, 4) is 0 Å². The van der Waals surface area contributed by atoms with Gasteiger partial charge in [0.1, 0.15) is 6.04 Å². The minimum absolute atomic E-state index is 0.0968. The van der Waals surface area contributed by atoms with Crippen LogP contribution in [0.3, 0.4) is 0 Å². The number of carboxylic acids is 1. The van der Waals surface area contributed by atoms with Crippen LogP contribution in [0.5, 0.6) is 0 Å². The third kappa shape index (κ3) is 2.41. The van der Waals surface area contributed by atoms with Crippen LogP contribution in [0.15, 0.2) is 0 Å². The van der Waals surface area contributed by atoms with Crippen LogP contribution in [0.4, 0.5) is 4.79 Å². The van der Waals surface area contributed by atoms with Gasteiger partial charge in [0.05, 0.1) is 6.10 Å². The Morgan fingerprint density at radius 1 is 1.33 bits per heavy atom. The van der Waals surface area contributed by atoms with Crippen LogP contribution in [-0.4, -0.2) is 70.3 Å². The number of urea groups is 1. The molecule has 7 heteroatoms. The van der Waals surface area contributed by atoms with Crippen molar-refractivity contribution >= 4 is 12.0 Å². The maximum atomic E-state index is 12.2. The molecule has 0 aromatic heterocycles. The molecule has 18 heavy (non-hydrogen) atoms. The highest BCUT2D eigenvalue weighted by Gasteiger charge is 2.41. The molecule has 0 radical (unpaired) electrons. The monoisotopic (exact) mass is 257 g/mol. The summed E-state index contributed by atoms with van der Waals surface area (Å²) in [4.78, 5) is 26.1. The molecule has 102 valence electrons. The number of aliphatic carboxylic acids is 1. The largest absolute Gasteiger partial charge is 0.480 e. The summed E-state index contributed by atoms with van der Waals surface area (Å²) in [5.74, 6) is -0.765. The van der Waals surface area contributed by atoms with Gasteiger partial charge in [-0.25, -0.2) is 9.59 Å². The Morgan fingerprint density at radius 3 is 2.61 bits per heavy atom. The molecule has 1 unspecified atom stereocenters. The fraction of sp³-hybridized carbons (Fsp3) is 0.818. The smallest absolute Gasteiger partial charge is 0.326 e. The number of hydrogen-bond donors (Lipinski definition) is 3. The van der Waals surface area contributed by atoms with Crippen molar-refractivity contribution in [1.82, 2.24) is 9.80 Å². The second-order valence-electron chi connectivity index (χ2n) is 5.01. The minimum atomic E-state index is -1.06. The van der Waals surface area contributed by atoms with Crippen LogP contribution in [0.2, 0.25) is 0 Å². The van der Waals surface area contributed by atoms with E-state index in [2.05, 4.69) is 0 Å². The number of β-amino-alcohol motifs (C(OH)–C–C–N with tert-alkyl or cyclic N) is 1. The molecule has 2 saturated heterocycles. The van der Waals surface area contributed by atoms with Gasteiger partial charge in [-0.3, -0.25) is 0 Å². The zero-order valence-corrected chi connectivity index (χ0v) is 10.2. The van der Waals surface area contributed by atoms with Crippen LogP contribution < -0.4 is 5.73 Å². The summed E-state index contributed by atoms with van der Waals surface area (Å²) < 4.78 is 0. The fourth-order valence-corrected chi connectivity index (χ4v) is 2.64. The van der Waals surface area contributed by atoms with Crippen molar-refractivity contribution < 1.29 is 19.8 Å². The molecule has 0 aromatic rings. The maximum absolute atomic E-state index is 12.2. The molecule has 2 rings (SSSR count). The summed E-state index contributed by atoms with van der Waals surface area (Å²) >= 11 is 0. The summed E-state index contributed by atoms with van der Waals surface area (Å²) in [6.07, 6.45) is 0.217. The van der Waals surface area contributed by atoms with E-state index in [-0.39, 0.29) is 19.0 Å². The Balaban J connectivity index is 2.02. The normalized spacial score (nSPS) is 32.0. The van der Waals surface area contributed by atoms with E-state index < -0.39 is 18.1 Å². The molecule has 4 N–H and O–H groups in total. The quantitative estimate of drug-likeness (QED) is 0.582. The van der Waals surface area contributed by atoms with E-state index in [1.165, 1.54) is 4.90 Å². The second-order valence-corrected chi connectivity index (χ2v) is 5.01. The lowest BCUT2D eigenvalue weighted by Crippen LogP contribution is -2.47. The summed E-state index contributed by atoms with van der Waals surface area (Å²) in [5, 5.41) is 18.6. The van der Waals surface area contributed by atoms with Gasteiger partial charge in [-0.2, -0.15) is 0 Å². The number of aliphatic hydroxyl groups is 1. The Hall–Kier alpha value is -1.34. The average molecular weight is 257 g/mol. The van der Waals surface area contributed by atoms with Gasteiger partial charge in [0.25, 0.3) is 0 Å². The number of nitrogens with two attached hydrogens (primary N) is 1. The first-order valence-corrected chi connectivity index (χ1v) is 6.19. The zero-order chi connectivity index (χ0) is 13.3. The van der Waals surface area contributed by atoms with Crippen molar-refractivity contribution in [3.63, 3.8) is 0 Å². The molecular formula is C11H19N3O4. The van der Waals surface area contributed by atoms with Crippen molar-refractivity contribution in [3.05, 3.63) is 0 Å². The Bertz CT molecular complexity index is 349. The number of rotatable bonds is 2. The first-order chi connectivity index (χ1) is 8.52. The lowest BCUT2D eigenvalue weighted by Gasteiger charge is -2.27. The Morgan fingerprint density at radius 2 is 2.06 bits per heavy atom. The van der Waals surface area contributed by atoms with Gasteiger partial charge >= 0.3 is 12.0 Å². The van der Waals surface area contributed by atoms with Gasteiger partial charge in [-0.1, -0.05) is 0 Å². The second kappa shape index (κ2) is 5.11. The van der Waals surface area contributed by atoms with E-state index in [4.69, 9.17) is 10.8 Å². The Kier molecular flexibility index (Phi) is 3.72. The summed E-state index contributed by atoms with van der Waals surface area (Å²) in [6, 6.07) is -1.21. The zero-order valence-electron chi connectivity index (χ0n) is 10.2. The summed E-state index contributed by atoms with van der Waals surface area (Å²) in [6.45, 7) is 1.82. The molecule has 0 spiro atoms. The first kappa shape index (κ1) is 13.1. The number of amides is 2. The molecule has 2 aliphatic heterocycles.